The van der Waals surface area contributed by atoms with Crippen LogP contribution in [0, 0.1) is 5.82 Å². The Hall–Kier alpha value is -1.67. The van der Waals surface area contributed by atoms with Crippen molar-refractivity contribution in [2.24, 2.45) is 0 Å². The molecule has 1 aliphatic heterocycles. The van der Waals surface area contributed by atoms with Gasteiger partial charge in [-0.1, -0.05) is 0 Å². The molecule has 2 rings (SSSR count). The summed E-state index contributed by atoms with van der Waals surface area (Å²) in [6.45, 7) is 1.00. The highest BCUT2D eigenvalue weighted by Crippen LogP contribution is 2.27. The number of amides is 1. The Balaban J connectivity index is 2.31. The van der Waals surface area contributed by atoms with E-state index in [1.54, 1.807) is 0 Å². The van der Waals surface area contributed by atoms with E-state index in [0.717, 1.165) is 12.1 Å². The largest absolute Gasteiger partial charge is 0.495 e. The second-order valence-corrected chi connectivity index (χ2v) is 6.25. The van der Waals surface area contributed by atoms with Crippen molar-refractivity contribution in [3.8, 4) is 5.75 Å². The van der Waals surface area contributed by atoms with E-state index in [-0.39, 0.29) is 23.7 Å². The Morgan fingerprint density at radius 2 is 1.90 bits per heavy atom. The van der Waals surface area contributed by atoms with Crippen molar-refractivity contribution in [3.63, 3.8) is 0 Å². The molecule has 0 aliphatic carbocycles. The van der Waals surface area contributed by atoms with E-state index in [9.17, 15) is 17.6 Å². The number of benzene rings is 1. The highest BCUT2D eigenvalue weighted by atomic mass is 32.2. The number of carbonyl (C=O) groups is 1. The van der Waals surface area contributed by atoms with Crippen LogP contribution in [0.15, 0.2) is 23.1 Å². The van der Waals surface area contributed by atoms with Gasteiger partial charge in [-0.25, -0.2) is 12.8 Å². The maximum absolute atomic E-state index is 13.3. The summed E-state index contributed by atoms with van der Waals surface area (Å²) in [4.78, 5) is 11.9. The number of ether oxygens (including phenoxy) is 1. The molecule has 0 radical (unpaired) electrons. The first-order chi connectivity index (χ1) is 9.48. The molecule has 1 amide bonds. The quantitative estimate of drug-likeness (QED) is 0.750. The molecule has 1 aromatic rings. The summed E-state index contributed by atoms with van der Waals surface area (Å²) >= 11 is 0. The van der Waals surface area contributed by atoms with Crippen molar-refractivity contribution in [1.82, 2.24) is 9.21 Å². The molecule has 0 saturated carbocycles. The molecular formula is C12H15FN2O4S. The number of sulfonamides is 1. The zero-order chi connectivity index (χ0) is 14.8. The maximum Gasteiger partial charge on any atom is 0.246 e. The van der Waals surface area contributed by atoms with Crippen LogP contribution in [0.1, 0.15) is 0 Å². The molecular weight excluding hydrogens is 287 g/mol. The van der Waals surface area contributed by atoms with Crippen molar-refractivity contribution < 1.29 is 22.3 Å². The minimum Gasteiger partial charge on any atom is -0.495 e. The Labute approximate surface area is 116 Å². The van der Waals surface area contributed by atoms with Gasteiger partial charge in [-0.15, -0.1) is 0 Å². The molecule has 1 heterocycles. The van der Waals surface area contributed by atoms with Crippen molar-refractivity contribution >= 4 is 16.4 Å². The van der Waals surface area contributed by atoms with Crippen LogP contribution in [-0.2, 0) is 14.8 Å². The van der Waals surface area contributed by atoms with Gasteiger partial charge in [0.1, 0.15) is 16.5 Å². The Bertz CT molecular complexity index is 597. The van der Waals surface area contributed by atoms with Gasteiger partial charge in [0.15, 0.2) is 0 Å². The summed E-state index contributed by atoms with van der Waals surface area (Å²) in [5.74, 6) is -0.542. The molecule has 0 spiro atoms. The van der Waals surface area contributed by atoms with Crippen molar-refractivity contribution in [3.05, 3.63) is 24.0 Å². The van der Waals surface area contributed by atoms with E-state index in [1.165, 1.54) is 22.4 Å². The molecule has 20 heavy (non-hydrogen) atoms. The highest BCUT2D eigenvalue weighted by molar-refractivity contribution is 7.89. The van der Waals surface area contributed by atoms with Gasteiger partial charge in [0, 0.05) is 26.2 Å². The molecule has 1 aliphatic rings. The molecule has 0 aromatic heterocycles. The van der Waals surface area contributed by atoms with Crippen LogP contribution in [0.5, 0.6) is 5.75 Å². The van der Waals surface area contributed by atoms with E-state index in [4.69, 9.17) is 4.74 Å². The zero-order valence-electron chi connectivity index (χ0n) is 11.0. The average molecular weight is 302 g/mol. The lowest BCUT2D eigenvalue weighted by molar-refractivity contribution is -0.119. The number of carbonyl (C=O) groups excluding carboxylic acids is 1. The van der Waals surface area contributed by atoms with Crippen molar-refractivity contribution in [2.75, 3.05) is 33.3 Å². The SMILES string of the molecule is COc1ccc(F)cc1S(=O)(=O)N1CCN(C=O)CC1. The Morgan fingerprint density at radius 3 is 2.45 bits per heavy atom. The molecule has 0 bridgehead atoms. The smallest absolute Gasteiger partial charge is 0.246 e. The van der Waals surface area contributed by atoms with Crippen LogP contribution in [-0.4, -0.2) is 57.3 Å². The van der Waals surface area contributed by atoms with E-state index in [1.807, 2.05) is 0 Å². The van der Waals surface area contributed by atoms with E-state index in [0.29, 0.717) is 19.5 Å². The third kappa shape index (κ3) is 2.75. The molecule has 110 valence electrons. The molecule has 1 aromatic carbocycles. The third-order valence-corrected chi connectivity index (χ3v) is 5.09. The van der Waals surface area contributed by atoms with Crippen LogP contribution < -0.4 is 4.74 Å². The topological polar surface area (TPSA) is 66.9 Å². The lowest BCUT2D eigenvalue weighted by Crippen LogP contribution is -2.48. The summed E-state index contributed by atoms with van der Waals surface area (Å²) in [5.41, 5.74) is 0. The molecule has 8 heteroatoms. The number of nitrogens with zero attached hydrogens (tertiary/aromatic N) is 2. The maximum atomic E-state index is 13.3. The van der Waals surface area contributed by atoms with Gasteiger partial charge in [0.05, 0.1) is 7.11 Å². The van der Waals surface area contributed by atoms with E-state index in [2.05, 4.69) is 0 Å². The van der Waals surface area contributed by atoms with Crippen molar-refractivity contribution in [1.29, 1.82) is 0 Å². The van der Waals surface area contributed by atoms with E-state index >= 15 is 0 Å². The molecule has 6 nitrogen and oxygen atoms in total. The lowest BCUT2D eigenvalue weighted by Gasteiger charge is -2.31. The number of piperazine rings is 1. The molecule has 0 N–H and O–H groups in total. The van der Waals surface area contributed by atoms with Crippen LogP contribution in [0.4, 0.5) is 4.39 Å². The monoisotopic (exact) mass is 302 g/mol. The van der Waals surface area contributed by atoms with Crippen LogP contribution in [0.2, 0.25) is 0 Å². The van der Waals surface area contributed by atoms with Crippen molar-refractivity contribution in [2.45, 2.75) is 4.90 Å². The fourth-order valence-corrected chi connectivity index (χ4v) is 3.63. The summed E-state index contributed by atoms with van der Waals surface area (Å²) in [7, 11) is -2.50. The number of methoxy groups -OCH3 is 1. The summed E-state index contributed by atoms with van der Waals surface area (Å²) in [6.07, 6.45) is 0.687. The van der Waals surface area contributed by atoms with Gasteiger partial charge < -0.3 is 9.64 Å². The number of rotatable bonds is 4. The second kappa shape index (κ2) is 5.76. The minimum absolute atomic E-state index is 0.101. The number of hydrogen-bond donors (Lipinski definition) is 0. The highest BCUT2D eigenvalue weighted by Gasteiger charge is 2.30. The summed E-state index contributed by atoms with van der Waals surface area (Å²) < 4.78 is 44.5. The second-order valence-electron chi connectivity index (χ2n) is 4.34. The molecule has 1 fully saturated rings. The Kier molecular flexibility index (Phi) is 4.24. The van der Waals surface area contributed by atoms with Gasteiger partial charge in [0.2, 0.25) is 16.4 Å². The third-order valence-electron chi connectivity index (χ3n) is 3.17. The first kappa shape index (κ1) is 14.7. The van der Waals surface area contributed by atoms with Gasteiger partial charge in [-0.05, 0) is 18.2 Å². The molecule has 0 atom stereocenters. The average Bonchev–Trinajstić information content (AvgIpc) is 2.47. The van der Waals surface area contributed by atoms with Gasteiger partial charge >= 0.3 is 0 Å². The summed E-state index contributed by atoms with van der Waals surface area (Å²) in [5, 5.41) is 0. The molecule has 1 saturated heterocycles. The van der Waals surface area contributed by atoms with Crippen LogP contribution >= 0.6 is 0 Å². The Morgan fingerprint density at radius 1 is 1.25 bits per heavy atom. The normalized spacial score (nSPS) is 17.0. The van der Waals surface area contributed by atoms with Crippen LogP contribution in [0.25, 0.3) is 0 Å². The fourth-order valence-electron chi connectivity index (χ4n) is 2.04. The van der Waals surface area contributed by atoms with Gasteiger partial charge in [0.25, 0.3) is 0 Å². The predicted octanol–water partition coefficient (Wildman–Crippen LogP) is 0.297. The van der Waals surface area contributed by atoms with Crippen LogP contribution in [0.3, 0.4) is 0 Å². The number of hydrogen-bond acceptors (Lipinski definition) is 4. The zero-order valence-corrected chi connectivity index (χ0v) is 11.8. The fraction of sp³-hybridized carbons (Fsp3) is 0.417. The lowest BCUT2D eigenvalue weighted by atomic mass is 10.3. The first-order valence-electron chi connectivity index (χ1n) is 6.02. The number of halogens is 1. The van der Waals surface area contributed by atoms with Gasteiger partial charge in [-0.2, -0.15) is 4.31 Å². The van der Waals surface area contributed by atoms with E-state index < -0.39 is 15.8 Å². The minimum atomic E-state index is -3.83. The predicted molar refractivity (Wildman–Crippen MR) is 69.3 cm³/mol. The summed E-state index contributed by atoms with van der Waals surface area (Å²) in [6, 6.07) is 3.37. The molecule has 0 unspecified atom stereocenters. The standard InChI is InChI=1S/C12H15FN2O4S/c1-19-11-3-2-10(13)8-12(11)20(17,18)15-6-4-14(9-16)5-7-15/h2-3,8-9H,4-7H2,1H3. The van der Waals surface area contributed by atoms with Gasteiger partial charge in [-0.3, -0.25) is 4.79 Å². The first-order valence-corrected chi connectivity index (χ1v) is 7.46.